The standard InChI is InChI=1S/C9H22N4O/c1-7(2)13(8(3)4)5-6-14-12-9(10)11/h7-8H,5-6H2,1-4H3,(H4,10,11,12). The smallest absolute Gasteiger partial charge is 0.228 e. The van der Waals surface area contributed by atoms with Crippen LogP contribution in [0, 0.1) is 0 Å². The average Bonchev–Trinajstić information content (AvgIpc) is 2.01. The van der Waals surface area contributed by atoms with Gasteiger partial charge in [-0.25, -0.2) is 0 Å². The third-order valence-corrected chi connectivity index (χ3v) is 1.94. The third-order valence-electron chi connectivity index (χ3n) is 1.94. The molecule has 0 aliphatic carbocycles. The van der Waals surface area contributed by atoms with E-state index in [9.17, 15) is 0 Å². The third kappa shape index (κ3) is 5.64. The summed E-state index contributed by atoms with van der Waals surface area (Å²) in [5.74, 6) is -0.0364. The molecule has 0 unspecified atom stereocenters. The maximum atomic E-state index is 5.12. The lowest BCUT2D eigenvalue weighted by Gasteiger charge is -2.29. The van der Waals surface area contributed by atoms with Crippen molar-refractivity contribution in [3.63, 3.8) is 0 Å². The summed E-state index contributed by atoms with van der Waals surface area (Å²) < 4.78 is 0. The normalized spacial score (nSPS) is 11.1. The van der Waals surface area contributed by atoms with Gasteiger partial charge in [0.2, 0.25) is 5.96 Å². The van der Waals surface area contributed by atoms with Gasteiger partial charge in [-0.1, -0.05) is 0 Å². The molecule has 0 aliphatic heterocycles. The summed E-state index contributed by atoms with van der Waals surface area (Å²) in [5, 5.41) is 3.46. The van der Waals surface area contributed by atoms with E-state index in [1.54, 1.807) is 0 Å². The molecular weight excluding hydrogens is 180 g/mol. The highest BCUT2D eigenvalue weighted by atomic mass is 16.6. The Kier molecular flexibility index (Phi) is 6.03. The zero-order valence-electron chi connectivity index (χ0n) is 9.53. The van der Waals surface area contributed by atoms with Crippen molar-refractivity contribution in [3.8, 4) is 0 Å². The van der Waals surface area contributed by atoms with Crippen molar-refractivity contribution in [2.75, 3.05) is 13.2 Å². The number of nitrogens with two attached hydrogens (primary N) is 2. The van der Waals surface area contributed by atoms with Gasteiger partial charge in [0, 0.05) is 18.6 Å². The molecule has 0 bridgehead atoms. The van der Waals surface area contributed by atoms with Gasteiger partial charge in [-0.15, -0.1) is 0 Å². The maximum Gasteiger partial charge on any atom is 0.228 e. The predicted molar refractivity (Wildman–Crippen MR) is 58.7 cm³/mol. The molecule has 0 amide bonds. The minimum absolute atomic E-state index is 0.0364. The van der Waals surface area contributed by atoms with Crippen molar-refractivity contribution < 1.29 is 4.84 Å². The van der Waals surface area contributed by atoms with Crippen LogP contribution in [-0.4, -0.2) is 36.1 Å². The zero-order chi connectivity index (χ0) is 11.1. The van der Waals surface area contributed by atoms with E-state index in [0.717, 1.165) is 6.54 Å². The van der Waals surface area contributed by atoms with Crippen molar-refractivity contribution in [2.45, 2.75) is 39.8 Å². The lowest BCUT2D eigenvalue weighted by Crippen LogP contribution is -2.39. The summed E-state index contributed by atoms with van der Waals surface area (Å²) in [6, 6.07) is 0.996. The van der Waals surface area contributed by atoms with E-state index in [-0.39, 0.29) is 5.96 Å². The second kappa shape index (κ2) is 6.48. The summed E-state index contributed by atoms with van der Waals surface area (Å²) in [4.78, 5) is 7.23. The van der Waals surface area contributed by atoms with Crippen LogP contribution in [-0.2, 0) is 4.84 Å². The van der Waals surface area contributed by atoms with E-state index in [1.165, 1.54) is 0 Å². The largest absolute Gasteiger partial charge is 0.391 e. The summed E-state index contributed by atoms with van der Waals surface area (Å²) in [7, 11) is 0. The number of oxime groups is 1. The van der Waals surface area contributed by atoms with Crippen LogP contribution in [0.2, 0.25) is 0 Å². The molecular formula is C9H22N4O. The molecule has 0 aromatic rings. The quantitative estimate of drug-likeness (QED) is 0.281. The first-order valence-electron chi connectivity index (χ1n) is 4.91. The van der Waals surface area contributed by atoms with Crippen LogP contribution >= 0.6 is 0 Å². The molecule has 0 aliphatic rings. The molecule has 4 N–H and O–H groups in total. The molecule has 14 heavy (non-hydrogen) atoms. The SMILES string of the molecule is CC(C)N(CCON=C(N)N)C(C)C. The molecule has 0 aromatic carbocycles. The minimum atomic E-state index is -0.0364. The van der Waals surface area contributed by atoms with Crippen LogP contribution in [0.1, 0.15) is 27.7 Å². The summed E-state index contributed by atoms with van der Waals surface area (Å²) >= 11 is 0. The van der Waals surface area contributed by atoms with E-state index in [1.807, 2.05) is 0 Å². The van der Waals surface area contributed by atoms with Gasteiger partial charge < -0.3 is 16.3 Å². The Morgan fingerprint density at radius 3 is 2.07 bits per heavy atom. The molecule has 0 rings (SSSR count). The topological polar surface area (TPSA) is 76.9 Å². The van der Waals surface area contributed by atoms with Crippen LogP contribution in [0.25, 0.3) is 0 Å². The number of hydrogen-bond donors (Lipinski definition) is 2. The first-order chi connectivity index (χ1) is 6.45. The van der Waals surface area contributed by atoms with E-state index in [4.69, 9.17) is 16.3 Å². The fourth-order valence-corrected chi connectivity index (χ4v) is 1.38. The van der Waals surface area contributed by atoms with Crippen molar-refractivity contribution in [2.24, 2.45) is 16.6 Å². The minimum Gasteiger partial charge on any atom is -0.391 e. The van der Waals surface area contributed by atoms with Crippen molar-refractivity contribution in [3.05, 3.63) is 0 Å². The lowest BCUT2D eigenvalue weighted by atomic mass is 10.2. The van der Waals surface area contributed by atoms with Crippen molar-refractivity contribution in [1.29, 1.82) is 0 Å². The Labute approximate surface area is 86.1 Å². The van der Waals surface area contributed by atoms with Crippen LogP contribution in [0.3, 0.4) is 0 Å². The second-order valence-corrected chi connectivity index (χ2v) is 3.77. The predicted octanol–water partition coefficient (Wildman–Crippen LogP) is 0.310. The maximum absolute atomic E-state index is 5.12. The van der Waals surface area contributed by atoms with Crippen LogP contribution in [0.5, 0.6) is 0 Å². The van der Waals surface area contributed by atoms with E-state index in [2.05, 4.69) is 37.8 Å². The number of rotatable bonds is 6. The Hall–Kier alpha value is -0.970. The summed E-state index contributed by atoms with van der Waals surface area (Å²) in [6.45, 7) is 9.95. The molecule has 0 heterocycles. The molecule has 0 saturated carbocycles. The molecule has 0 atom stereocenters. The van der Waals surface area contributed by atoms with Gasteiger partial charge in [0.1, 0.15) is 6.61 Å². The fraction of sp³-hybridized carbons (Fsp3) is 0.889. The molecule has 84 valence electrons. The van der Waals surface area contributed by atoms with Crippen molar-refractivity contribution >= 4 is 5.96 Å². The lowest BCUT2D eigenvalue weighted by molar-refractivity contribution is 0.0825. The molecule has 5 nitrogen and oxygen atoms in total. The monoisotopic (exact) mass is 202 g/mol. The van der Waals surface area contributed by atoms with Gasteiger partial charge in [0.05, 0.1) is 0 Å². The second-order valence-electron chi connectivity index (χ2n) is 3.77. The fourth-order valence-electron chi connectivity index (χ4n) is 1.38. The average molecular weight is 202 g/mol. The van der Waals surface area contributed by atoms with Crippen LogP contribution < -0.4 is 11.5 Å². The number of guanidine groups is 1. The van der Waals surface area contributed by atoms with Gasteiger partial charge in [0.25, 0.3) is 0 Å². The molecule has 0 aromatic heterocycles. The molecule has 5 heteroatoms. The highest BCUT2D eigenvalue weighted by molar-refractivity contribution is 5.74. The summed E-state index contributed by atoms with van der Waals surface area (Å²) in [5.41, 5.74) is 10.2. The molecule has 0 fully saturated rings. The Bertz CT molecular complexity index is 168. The molecule has 0 saturated heterocycles. The van der Waals surface area contributed by atoms with E-state index >= 15 is 0 Å². The number of nitrogens with zero attached hydrogens (tertiary/aromatic N) is 2. The van der Waals surface area contributed by atoms with Gasteiger partial charge >= 0.3 is 0 Å². The highest BCUT2D eigenvalue weighted by Crippen LogP contribution is 2.03. The van der Waals surface area contributed by atoms with Crippen LogP contribution in [0.4, 0.5) is 0 Å². The Balaban J connectivity index is 3.78. The first-order valence-corrected chi connectivity index (χ1v) is 4.91. The zero-order valence-corrected chi connectivity index (χ0v) is 9.53. The van der Waals surface area contributed by atoms with Gasteiger partial charge in [0.15, 0.2) is 0 Å². The molecule has 0 spiro atoms. The Morgan fingerprint density at radius 2 is 1.71 bits per heavy atom. The molecule has 0 radical (unpaired) electrons. The van der Waals surface area contributed by atoms with Gasteiger partial charge in [-0.05, 0) is 32.9 Å². The van der Waals surface area contributed by atoms with Gasteiger partial charge in [-0.2, -0.15) is 0 Å². The van der Waals surface area contributed by atoms with Crippen LogP contribution in [0.15, 0.2) is 5.16 Å². The van der Waals surface area contributed by atoms with E-state index in [0.29, 0.717) is 18.7 Å². The van der Waals surface area contributed by atoms with Gasteiger partial charge in [-0.3, -0.25) is 4.90 Å². The number of hydrogen-bond acceptors (Lipinski definition) is 3. The Morgan fingerprint density at radius 1 is 1.21 bits per heavy atom. The first kappa shape index (κ1) is 13.0. The van der Waals surface area contributed by atoms with Crippen molar-refractivity contribution in [1.82, 2.24) is 4.90 Å². The summed E-state index contributed by atoms with van der Waals surface area (Å²) in [6.07, 6.45) is 0. The van der Waals surface area contributed by atoms with E-state index < -0.39 is 0 Å². The highest BCUT2D eigenvalue weighted by Gasteiger charge is 2.12.